The first-order chi connectivity index (χ1) is 63.8. The molecule has 0 heterocycles. The summed E-state index contributed by atoms with van der Waals surface area (Å²) in [6, 6.07) is 87.1. The van der Waals surface area contributed by atoms with Crippen LogP contribution in [-0.2, 0) is 32.1 Å². The van der Waals surface area contributed by atoms with Gasteiger partial charge in [-0.15, -0.1) is 91.9 Å². The number of rotatable bonds is 18. The minimum atomic E-state index is -0.428. The minimum Gasteiger partial charge on any atom is -1.00 e. The molecule has 0 atom stereocenters. The van der Waals surface area contributed by atoms with Crippen molar-refractivity contribution in [2.24, 2.45) is 53.3 Å². The van der Waals surface area contributed by atoms with Crippen molar-refractivity contribution in [1.82, 2.24) is 0 Å². The number of hydrogen-bond acceptors (Lipinski definition) is 0. The van der Waals surface area contributed by atoms with Gasteiger partial charge in [-0.25, -0.2) is 0 Å². The Bertz CT molecular complexity index is 5630. The van der Waals surface area contributed by atoms with Gasteiger partial charge < -0.3 is 8.56 Å². The maximum absolute atomic E-state index is 14.1. The molecular formula is C120H132Cl6F6Rb12. The molecule has 0 amide bonds. The first kappa shape index (κ1) is 156. The van der Waals surface area contributed by atoms with Crippen LogP contribution in [0.3, 0.4) is 0 Å². The van der Waals surface area contributed by atoms with Crippen LogP contribution in [0.5, 0.6) is 0 Å². The number of halogens is 12. The summed E-state index contributed by atoms with van der Waals surface area (Å²) in [4.78, 5) is 0. The molecule has 0 unspecified atom stereocenters. The second kappa shape index (κ2) is 84.7. The minimum absolute atomic E-state index is 0. The van der Waals surface area contributed by atoms with E-state index in [0.717, 1.165) is 131 Å². The van der Waals surface area contributed by atoms with Crippen molar-refractivity contribution in [2.75, 3.05) is 0 Å². The van der Waals surface area contributed by atoms with Crippen molar-refractivity contribution in [3.8, 4) is 44.5 Å². The van der Waals surface area contributed by atoms with Crippen molar-refractivity contribution in [1.29, 1.82) is 0 Å². The van der Waals surface area contributed by atoms with Gasteiger partial charge in [0, 0.05) is 34.9 Å². The van der Waals surface area contributed by atoms with Gasteiger partial charge in [0.1, 0.15) is 0 Å². The molecule has 144 heavy (non-hydrogen) atoms. The molecular weight excluding hydrogens is 2790 g/mol. The molecule has 0 nitrogen and oxygen atoms in total. The van der Waals surface area contributed by atoms with Crippen LogP contribution in [0.15, 0.2) is 218 Å². The maximum atomic E-state index is 14.1. The normalized spacial score (nSPS) is 20.0. The van der Waals surface area contributed by atoms with E-state index in [0.29, 0.717) is 46.9 Å². The van der Waals surface area contributed by atoms with Gasteiger partial charge in [-0.3, -0.25) is 26.3 Å². The number of aryl methyl sites for hydroxylation is 7. The van der Waals surface area contributed by atoms with Gasteiger partial charge in [0.2, 0.25) is 0 Å². The molecule has 12 aromatic carbocycles. The fraction of sp³-hybridized carbons (Fsp3) is 0.400. The topological polar surface area (TPSA) is 0 Å². The molecule has 6 aliphatic carbocycles. The smallest absolute Gasteiger partial charge is 1.00 e. The van der Waals surface area contributed by atoms with Crippen LogP contribution in [0, 0.1) is 138 Å². The van der Waals surface area contributed by atoms with Gasteiger partial charge >= 0.3 is 698 Å². The molecule has 0 N–H and O–H groups in total. The van der Waals surface area contributed by atoms with Crippen LogP contribution in [-0.4, -0.2) is 0 Å². The Hall–Kier alpha value is 13.6. The molecule has 6 fully saturated rings. The van der Waals surface area contributed by atoms with E-state index >= 15 is 0 Å². The van der Waals surface area contributed by atoms with Crippen molar-refractivity contribution in [3.05, 3.63) is 375 Å². The van der Waals surface area contributed by atoms with E-state index in [2.05, 4.69) is 187 Å². The monoisotopic (exact) mass is 2920 g/mol. The van der Waals surface area contributed by atoms with Gasteiger partial charge in [-0.05, 0) is 299 Å². The fourth-order valence-corrected chi connectivity index (χ4v) is 21.8. The van der Waals surface area contributed by atoms with E-state index in [4.69, 9.17) is 69.6 Å². The molecule has 24 heteroatoms. The van der Waals surface area contributed by atoms with Gasteiger partial charge in [0.05, 0.1) is 0 Å². The molecule has 6 saturated carbocycles. The van der Waals surface area contributed by atoms with Gasteiger partial charge in [0.15, 0.2) is 0 Å². The Morgan fingerprint density at radius 2 is 0.472 bits per heavy atom. The van der Waals surface area contributed by atoms with E-state index in [1.165, 1.54) is 186 Å². The molecule has 0 bridgehead atoms. The van der Waals surface area contributed by atoms with Gasteiger partial charge in [-0.2, -0.15) is 109 Å². The Morgan fingerprint density at radius 3 is 0.812 bits per heavy atom. The van der Waals surface area contributed by atoms with E-state index in [1.54, 1.807) is 60.7 Å². The average molecular weight is 2930 g/mol. The Kier molecular flexibility index (Phi) is 91.5. The van der Waals surface area contributed by atoms with E-state index in [9.17, 15) is 26.3 Å². The summed E-state index contributed by atoms with van der Waals surface area (Å²) in [5.74, 6) is 7.89. The summed E-state index contributed by atoms with van der Waals surface area (Å²) in [7, 11) is 0. The largest absolute Gasteiger partial charge is 1.00 e. The summed E-state index contributed by atoms with van der Waals surface area (Å²) in [6.45, 7) is 13.6. The maximum Gasteiger partial charge on any atom is 1.00 e. The zero-order valence-corrected chi connectivity index (χ0v) is 153. The quantitative estimate of drug-likeness (QED) is 0.0918. The van der Waals surface area contributed by atoms with Gasteiger partial charge in [0.25, 0.3) is 0 Å². The van der Waals surface area contributed by atoms with Crippen molar-refractivity contribution >= 4 is 69.6 Å². The first-order valence-corrected chi connectivity index (χ1v) is 50.7. The Labute approximate surface area is 1490 Å². The number of benzene rings is 12. The summed E-state index contributed by atoms with van der Waals surface area (Å²) < 4.78 is 83.8. The molecule has 0 saturated heterocycles. The van der Waals surface area contributed by atoms with Crippen LogP contribution in [0.4, 0.5) is 26.3 Å². The molecule has 6 aliphatic rings. The molecule has 0 aliphatic heterocycles. The number of hydrogen-bond donors (Lipinski definition) is 0. The van der Waals surface area contributed by atoms with Crippen LogP contribution < -0.4 is 698 Å². The molecule has 0 spiro atoms. The molecule has 12 aromatic rings. The SMILES string of the molecule is CC1CCC(C2CCC(CCc3cc[c-]c(Cl)c3F)CC2)CC1.CC1CCC(C2CCC(c3cc[c-]c(Cl)c3F)CC2)CC1.CC1CCC(c2ccc(-c3cc[c-]c(Cl)c3F)cc2)CC1.CC1CCC(c2ccc(CCc3cc[c-]c(Cl)c3F)cc2)CC1.Cc1ccc(-c2ccc(-c3cc[c-]c(Cl)c3F)cc2)cc1.Cc1ccc(-c2ccc(CCc3cc[c-]c(Cl)c3F)cc2)cc1.[H-].[H-].[H-].[H-].[H-].[H-].[Rb+].[Rb+].[Rb+].[Rb+].[Rb+].[Rb+].[Rb+].[Rb+].[Rb+].[Rb+].[Rb+].[Rb+]. The Morgan fingerprint density at radius 1 is 0.236 bits per heavy atom. The van der Waals surface area contributed by atoms with Crippen LogP contribution in [0.2, 0.25) is 30.1 Å². The first-order valence-electron chi connectivity index (χ1n) is 48.5. The third-order valence-corrected chi connectivity index (χ3v) is 31.1. The zero-order valence-electron chi connectivity index (χ0n) is 95.5. The van der Waals surface area contributed by atoms with Crippen LogP contribution >= 0.6 is 69.6 Å². The fourth-order valence-electron chi connectivity index (χ4n) is 20.8. The third-order valence-electron chi connectivity index (χ3n) is 29.4. The predicted molar refractivity (Wildman–Crippen MR) is 549 cm³/mol. The van der Waals surface area contributed by atoms with Crippen molar-refractivity contribution in [3.63, 3.8) is 0 Å². The Balaban J connectivity index is -0.000000405. The summed E-state index contributed by atoms with van der Waals surface area (Å²) in [5, 5.41) is 0.517. The second-order valence-electron chi connectivity index (χ2n) is 38.7. The van der Waals surface area contributed by atoms with Crippen molar-refractivity contribution in [2.45, 2.75) is 252 Å². The molecule has 18 rings (SSSR count). The van der Waals surface area contributed by atoms with Crippen LogP contribution in [0.1, 0.15) is 270 Å². The summed E-state index contributed by atoms with van der Waals surface area (Å²) in [6.07, 6.45) is 37.0. The summed E-state index contributed by atoms with van der Waals surface area (Å²) in [5.41, 5.74) is 18.0. The second-order valence-corrected chi connectivity index (χ2v) is 41.0. The predicted octanol–water partition coefficient (Wildman–Crippen LogP) is 2.51. The molecule has 0 aromatic heterocycles. The van der Waals surface area contributed by atoms with Crippen molar-refractivity contribution < 1.29 is 733 Å². The molecule has 0 radical (unpaired) electrons. The zero-order chi connectivity index (χ0) is 93.2. The van der Waals surface area contributed by atoms with E-state index in [1.807, 2.05) is 48.5 Å². The summed E-state index contributed by atoms with van der Waals surface area (Å²) >= 11 is 34.8. The average Bonchev–Trinajstić information content (AvgIpc) is 0.822. The standard InChI is InChI=1S/C21H29ClF.C21H23ClF.C21H17ClF.C19H25ClF.C19H19ClF.C19H13ClF.12Rb.6H/c3*1-15-5-10-17(11-6-15)18-12-7-16(8-13-18)9-14-19-3-2-4-20(22)21(19)23;3*1-13-5-7-14(8-6-13)15-9-11-16(12-10-15)17-3-2-4-18(20)19(17)21;;;;;;;;;;;;;;;;;;/h2-3,15-18H,5-14H2,1H3;2-3,7-8,12-13,15,17H,5-6,9-11,14H2,1H3;2-3,5-8,10-13H,9,14H2,1H3;2-3,13-16H,5-12H2,1H3;2-3,9-14H,5-8H2,1H3;2-3,5-12H,1H3;;;;;;;;;;;;;;;;;;/q6*-1;12*+1;6*-1. The van der Waals surface area contributed by atoms with E-state index < -0.39 is 11.6 Å². The van der Waals surface area contributed by atoms with E-state index in [-0.39, 0.29) is 760 Å². The van der Waals surface area contributed by atoms with Crippen LogP contribution in [0.25, 0.3) is 44.5 Å². The third kappa shape index (κ3) is 51.6. The van der Waals surface area contributed by atoms with Gasteiger partial charge in [-0.1, -0.05) is 260 Å². The molecule has 708 valence electrons.